The van der Waals surface area contributed by atoms with Crippen LogP contribution in [0, 0.1) is 5.92 Å². The SMILES string of the molecule is CC=CN1CCC2c3ccccc3CCC2C1. The van der Waals surface area contributed by atoms with E-state index in [-0.39, 0.29) is 0 Å². The molecular weight excluding hydrogens is 206 g/mol. The summed E-state index contributed by atoms with van der Waals surface area (Å²) < 4.78 is 0. The van der Waals surface area contributed by atoms with Gasteiger partial charge in [-0.25, -0.2) is 0 Å². The predicted molar refractivity (Wildman–Crippen MR) is 72.0 cm³/mol. The Balaban J connectivity index is 1.83. The second-order valence-corrected chi connectivity index (χ2v) is 5.37. The van der Waals surface area contributed by atoms with Crippen molar-refractivity contribution in [3.8, 4) is 0 Å². The summed E-state index contributed by atoms with van der Waals surface area (Å²) in [7, 11) is 0. The summed E-state index contributed by atoms with van der Waals surface area (Å²) in [5.41, 5.74) is 3.25. The lowest BCUT2D eigenvalue weighted by Crippen LogP contribution is -2.38. The second kappa shape index (κ2) is 4.56. The number of likely N-dealkylation sites (tertiary alicyclic amines) is 1. The van der Waals surface area contributed by atoms with E-state index in [1.54, 1.807) is 11.1 Å². The van der Waals surface area contributed by atoms with Gasteiger partial charge in [-0.2, -0.15) is 0 Å². The van der Waals surface area contributed by atoms with Crippen molar-refractivity contribution < 1.29 is 0 Å². The Kier molecular flexibility index (Phi) is 2.92. The third-order valence-electron chi connectivity index (χ3n) is 4.36. The number of benzene rings is 1. The molecule has 1 aromatic rings. The van der Waals surface area contributed by atoms with Gasteiger partial charge in [-0.05, 0) is 55.3 Å². The molecule has 0 spiro atoms. The molecule has 17 heavy (non-hydrogen) atoms. The highest BCUT2D eigenvalue weighted by atomic mass is 15.1. The quantitative estimate of drug-likeness (QED) is 0.709. The molecule has 2 unspecified atom stereocenters. The Morgan fingerprint density at radius 1 is 1.24 bits per heavy atom. The van der Waals surface area contributed by atoms with Gasteiger partial charge >= 0.3 is 0 Å². The summed E-state index contributed by atoms with van der Waals surface area (Å²) >= 11 is 0. The molecule has 0 radical (unpaired) electrons. The predicted octanol–water partition coefficient (Wildman–Crippen LogP) is 3.57. The second-order valence-electron chi connectivity index (χ2n) is 5.37. The maximum atomic E-state index is 2.50. The first kappa shape index (κ1) is 10.9. The molecule has 0 N–H and O–H groups in total. The highest BCUT2D eigenvalue weighted by Crippen LogP contribution is 2.41. The zero-order valence-electron chi connectivity index (χ0n) is 10.6. The molecule has 2 atom stereocenters. The topological polar surface area (TPSA) is 3.24 Å². The Labute approximate surface area is 104 Å². The van der Waals surface area contributed by atoms with Crippen LogP contribution in [0.2, 0.25) is 0 Å². The van der Waals surface area contributed by atoms with Gasteiger partial charge in [-0.1, -0.05) is 30.3 Å². The average molecular weight is 227 g/mol. The van der Waals surface area contributed by atoms with Crippen LogP contribution in [0.1, 0.15) is 36.8 Å². The maximum absolute atomic E-state index is 2.50. The maximum Gasteiger partial charge on any atom is 0.0206 e. The van der Waals surface area contributed by atoms with E-state index >= 15 is 0 Å². The smallest absolute Gasteiger partial charge is 0.0206 e. The van der Waals surface area contributed by atoms with Gasteiger partial charge in [0.05, 0.1) is 0 Å². The minimum Gasteiger partial charge on any atom is -0.377 e. The first-order valence-electron chi connectivity index (χ1n) is 6.83. The highest BCUT2D eigenvalue weighted by molar-refractivity contribution is 5.34. The van der Waals surface area contributed by atoms with Crippen molar-refractivity contribution >= 4 is 0 Å². The molecular formula is C16H21N. The van der Waals surface area contributed by atoms with Crippen molar-refractivity contribution in [1.29, 1.82) is 0 Å². The van der Waals surface area contributed by atoms with Gasteiger partial charge < -0.3 is 4.90 Å². The Bertz CT molecular complexity index is 421. The first-order chi connectivity index (χ1) is 8.38. The average Bonchev–Trinajstić information content (AvgIpc) is 2.39. The van der Waals surface area contributed by atoms with Gasteiger partial charge in [0.1, 0.15) is 0 Å². The Morgan fingerprint density at radius 3 is 3.00 bits per heavy atom. The summed E-state index contributed by atoms with van der Waals surface area (Å²) in [6, 6.07) is 9.08. The van der Waals surface area contributed by atoms with E-state index in [1.807, 2.05) is 0 Å². The van der Waals surface area contributed by atoms with Crippen molar-refractivity contribution in [3.63, 3.8) is 0 Å². The molecule has 1 heteroatoms. The minimum absolute atomic E-state index is 0.821. The molecule has 90 valence electrons. The normalized spacial score (nSPS) is 27.9. The lowest BCUT2D eigenvalue weighted by Gasteiger charge is -2.42. The molecule has 1 aliphatic carbocycles. The van der Waals surface area contributed by atoms with Gasteiger partial charge in [0.15, 0.2) is 0 Å². The largest absolute Gasteiger partial charge is 0.377 e. The van der Waals surface area contributed by atoms with E-state index < -0.39 is 0 Å². The van der Waals surface area contributed by atoms with Crippen molar-refractivity contribution in [1.82, 2.24) is 4.90 Å². The molecule has 2 aliphatic rings. The van der Waals surface area contributed by atoms with E-state index in [0.717, 1.165) is 11.8 Å². The van der Waals surface area contributed by atoms with Gasteiger partial charge in [-0.3, -0.25) is 0 Å². The zero-order chi connectivity index (χ0) is 11.7. The third kappa shape index (κ3) is 1.99. The highest BCUT2D eigenvalue weighted by Gasteiger charge is 2.33. The van der Waals surface area contributed by atoms with Crippen molar-refractivity contribution in [2.24, 2.45) is 5.92 Å². The van der Waals surface area contributed by atoms with Crippen LogP contribution < -0.4 is 0 Å². The molecule has 0 amide bonds. The minimum atomic E-state index is 0.821. The molecule has 1 aromatic carbocycles. The fourth-order valence-corrected chi connectivity index (χ4v) is 3.57. The lowest BCUT2D eigenvalue weighted by molar-refractivity contribution is 0.187. The fraction of sp³-hybridized carbons (Fsp3) is 0.500. The third-order valence-corrected chi connectivity index (χ3v) is 4.36. The fourth-order valence-electron chi connectivity index (χ4n) is 3.57. The van der Waals surface area contributed by atoms with Crippen molar-refractivity contribution in [2.45, 2.75) is 32.1 Å². The molecule has 0 bridgehead atoms. The van der Waals surface area contributed by atoms with Crippen LogP contribution in [0.3, 0.4) is 0 Å². The van der Waals surface area contributed by atoms with Gasteiger partial charge in [0.25, 0.3) is 0 Å². The van der Waals surface area contributed by atoms with E-state index in [4.69, 9.17) is 0 Å². The number of nitrogens with zero attached hydrogens (tertiary/aromatic N) is 1. The van der Waals surface area contributed by atoms with Gasteiger partial charge in [0.2, 0.25) is 0 Å². The first-order valence-corrected chi connectivity index (χ1v) is 6.83. The summed E-state index contributed by atoms with van der Waals surface area (Å²) in [5, 5.41) is 0. The van der Waals surface area contributed by atoms with Crippen LogP contribution in [0.5, 0.6) is 0 Å². The molecule has 1 nitrogen and oxygen atoms in total. The summed E-state index contributed by atoms with van der Waals surface area (Å²) in [5.74, 6) is 1.69. The van der Waals surface area contributed by atoms with Crippen LogP contribution in [0.25, 0.3) is 0 Å². The number of piperidine rings is 1. The monoisotopic (exact) mass is 227 g/mol. The Hall–Kier alpha value is -1.24. The number of aryl methyl sites for hydroxylation is 1. The van der Waals surface area contributed by atoms with E-state index in [0.29, 0.717) is 0 Å². The molecule has 1 saturated heterocycles. The van der Waals surface area contributed by atoms with Crippen LogP contribution >= 0.6 is 0 Å². The zero-order valence-corrected chi connectivity index (χ0v) is 10.6. The Morgan fingerprint density at radius 2 is 2.12 bits per heavy atom. The van der Waals surface area contributed by atoms with Crippen molar-refractivity contribution in [2.75, 3.05) is 13.1 Å². The number of rotatable bonds is 1. The van der Waals surface area contributed by atoms with Crippen LogP contribution in [-0.2, 0) is 6.42 Å². The number of hydrogen-bond acceptors (Lipinski definition) is 1. The van der Waals surface area contributed by atoms with Crippen LogP contribution in [-0.4, -0.2) is 18.0 Å². The van der Waals surface area contributed by atoms with Gasteiger partial charge in [-0.15, -0.1) is 0 Å². The van der Waals surface area contributed by atoms with Crippen LogP contribution in [0.15, 0.2) is 36.5 Å². The molecule has 0 saturated carbocycles. The number of hydrogen-bond donors (Lipinski definition) is 0. The van der Waals surface area contributed by atoms with Crippen molar-refractivity contribution in [3.05, 3.63) is 47.7 Å². The molecule has 1 heterocycles. The molecule has 1 fully saturated rings. The summed E-state index contributed by atoms with van der Waals surface area (Å²) in [4.78, 5) is 2.50. The summed E-state index contributed by atoms with van der Waals surface area (Å²) in [6.07, 6.45) is 8.40. The van der Waals surface area contributed by atoms with E-state index in [9.17, 15) is 0 Å². The lowest BCUT2D eigenvalue weighted by atomic mass is 9.71. The van der Waals surface area contributed by atoms with E-state index in [2.05, 4.69) is 48.4 Å². The summed E-state index contributed by atoms with van der Waals surface area (Å²) in [6.45, 7) is 4.59. The number of fused-ring (bicyclic) bond motifs is 3. The molecule has 3 rings (SSSR count). The van der Waals surface area contributed by atoms with Crippen LogP contribution in [0.4, 0.5) is 0 Å². The van der Waals surface area contributed by atoms with E-state index in [1.165, 1.54) is 32.4 Å². The standard InChI is InChI=1S/C16H21N/c1-2-10-17-11-9-16-14(12-17)8-7-13-5-3-4-6-15(13)16/h2-6,10,14,16H,7-9,11-12H2,1H3. The van der Waals surface area contributed by atoms with Gasteiger partial charge in [0, 0.05) is 13.1 Å². The molecule has 0 aromatic heterocycles. The molecule has 1 aliphatic heterocycles. The number of allylic oxidation sites excluding steroid dienone is 1.